The molecule has 2 atom stereocenters. The molecule has 2 aromatic carbocycles. The van der Waals surface area contributed by atoms with E-state index in [0.29, 0.717) is 29.7 Å². The Morgan fingerprint density at radius 1 is 1.10 bits per heavy atom. The molecule has 0 aliphatic carbocycles. The van der Waals surface area contributed by atoms with E-state index in [1.807, 2.05) is 63.2 Å². The van der Waals surface area contributed by atoms with Crippen LogP contribution in [0.4, 0.5) is 16.6 Å². The maximum absolute atomic E-state index is 13.5. The number of aromatic nitrogens is 5. The highest BCUT2D eigenvalue weighted by molar-refractivity contribution is 6.12. The van der Waals surface area contributed by atoms with Crippen molar-refractivity contribution in [3.05, 3.63) is 60.6 Å². The van der Waals surface area contributed by atoms with Gasteiger partial charge in [-0.15, -0.1) is 0 Å². The van der Waals surface area contributed by atoms with Gasteiger partial charge in [0.15, 0.2) is 16.9 Å². The monoisotopic (exact) mass is 540 g/mol. The molecule has 0 radical (unpaired) electrons. The highest BCUT2D eigenvalue weighted by Crippen LogP contribution is 2.41. The molecule has 40 heavy (non-hydrogen) atoms. The molecule has 204 valence electrons. The maximum Gasteiger partial charge on any atom is 0.407 e. The minimum absolute atomic E-state index is 0.00163. The standard InChI is InChI=1S/C28H28N8O4/c1-28(2,3)22-18(11-12-35(22)27(38)39)36-24-20(23(29)30-14-31-24)21(34-36)25(37)33-26-32-17-13-16(9-10-19(17)40-26)15-7-5-4-6-8-15/h4-10,13-14,18,22H,11-12H2,1-3H3,(H,38,39)(H2,29,30,31)(H,32,33,37). The fourth-order valence-corrected chi connectivity index (χ4v) is 5.62. The number of fused-ring (bicyclic) bond motifs is 2. The van der Waals surface area contributed by atoms with Gasteiger partial charge in [0.25, 0.3) is 5.91 Å². The fourth-order valence-electron chi connectivity index (χ4n) is 5.62. The van der Waals surface area contributed by atoms with Crippen molar-refractivity contribution in [1.29, 1.82) is 0 Å². The van der Waals surface area contributed by atoms with E-state index in [9.17, 15) is 14.7 Å². The summed E-state index contributed by atoms with van der Waals surface area (Å²) in [6.45, 7) is 6.26. The lowest BCUT2D eigenvalue weighted by Gasteiger charge is -2.37. The summed E-state index contributed by atoms with van der Waals surface area (Å²) < 4.78 is 7.40. The quantitative estimate of drug-likeness (QED) is 0.290. The summed E-state index contributed by atoms with van der Waals surface area (Å²) in [4.78, 5) is 39.9. The molecule has 1 fully saturated rings. The van der Waals surface area contributed by atoms with Crippen LogP contribution in [0.2, 0.25) is 0 Å². The van der Waals surface area contributed by atoms with Crippen LogP contribution in [0, 0.1) is 5.41 Å². The number of rotatable bonds is 4. The summed E-state index contributed by atoms with van der Waals surface area (Å²) >= 11 is 0. The van der Waals surface area contributed by atoms with Crippen LogP contribution in [0.25, 0.3) is 33.3 Å². The molecule has 0 spiro atoms. The minimum Gasteiger partial charge on any atom is -0.465 e. The second-order valence-electron chi connectivity index (χ2n) is 10.9. The molecule has 2 unspecified atom stereocenters. The van der Waals surface area contributed by atoms with Crippen molar-refractivity contribution in [3.63, 3.8) is 0 Å². The maximum atomic E-state index is 13.5. The number of carboxylic acid groups (broad SMARTS) is 1. The van der Waals surface area contributed by atoms with Crippen LogP contribution in [0.5, 0.6) is 0 Å². The summed E-state index contributed by atoms with van der Waals surface area (Å²) in [6.07, 6.45) is 0.807. The average Bonchev–Trinajstić information content (AvgIpc) is 3.63. The van der Waals surface area contributed by atoms with Gasteiger partial charge in [-0.1, -0.05) is 57.2 Å². The van der Waals surface area contributed by atoms with E-state index in [1.54, 1.807) is 10.7 Å². The van der Waals surface area contributed by atoms with Gasteiger partial charge in [0.05, 0.1) is 17.5 Å². The normalized spacial score (nSPS) is 17.5. The molecule has 1 aliphatic heterocycles. The number of likely N-dealkylation sites (tertiary alicyclic amines) is 1. The predicted octanol–water partition coefficient (Wildman–Crippen LogP) is 4.81. The van der Waals surface area contributed by atoms with Crippen LogP contribution in [-0.4, -0.2) is 59.3 Å². The molecule has 0 saturated carbocycles. The number of nitrogens with one attached hydrogen (secondary N) is 1. The average molecular weight is 541 g/mol. The van der Waals surface area contributed by atoms with Crippen LogP contribution >= 0.6 is 0 Å². The lowest BCUT2D eigenvalue weighted by atomic mass is 9.83. The van der Waals surface area contributed by atoms with Gasteiger partial charge in [-0.2, -0.15) is 10.1 Å². The van der Waals surface area contributed by atoms with Crippen molar-refractivity contribution in [2.24, 2.45) is 5.41 Å². The van der Waals surface area contributed by atoms with Crippen LogP contribution < -0.4 is 11.1 Å². The fraction of sp³-hybridized carbons (Fsp3) is 0.286. The zero-order valence-corrected chi connectivity index (χ0v) is 22.2. The Morgan fingerprint density at radius 2 is 1.88 bits per heavy atom. The van der Waals surface area contributed by atoms with E-state index >= 15 is 0 Å². The van der Waals surface area contributed by atoms with Crippen LogP contribution in [0.15, 0.2) is 59.3 Å². The van der Waals surface area contributed by atoms with Gasteiger partial charge in [-0.25, -0.2) is 19.4 Å². The number of nitrogens with zero attached hydrogens (tertiary/aromatic N) is 6. The van der Waals surface area contributed by atoms with Crippen LogP contribution in [0.1, 0.15) is 43.7 Å². The smallest absolute Gasteiger partial charge is 0.407 e. The first-order valence-electron chi connectivity index (χ1n) is 12.9. The van der Waals surface area contributed by atoms with Gasteiger partial charge in [-0.3, -0.25) is 10.1 Å². The summed E-state index contributed by atoms with van der Waals surface area (Å²) in [7, 11) is 0. The summed E-state index contributed by atoms with van der Waals surface area (Å²) in [5, 5.41) is 17.4. The Morgan fingerprint density at radius 3 is 2.60 bits per heavy atom. The first kappa shape index (κ1) is 25.3. The highest BCUT2D eigenvalue weighted by atomic mass is 16.4. The zero-order chi connectivity index (χ0) is 28.2. The largest absolute Gasteiger partial charge is 0.465 e. The molecule has 1 saturated heterocycles. The third-order valence-electron chi connectivity index (χ3n) is 7.26. The molecule has 4 heterocycles. The van der Waals surface area contributed by atoms with Crippen molar-refractivity contribution < 1.29 is 19.1 Å². The van der Waals surface area contributed by atoms with Crippen molar-refractivity contribution in [2.45, 2.75) is 39.3 Å². The number of nitrogen functional groups attached to an aromatic ring is 1. The minimum atomic E-state index is -1.00. The molecule has 12 heteroatoms. The second kappa shape index (κ2) is 9.33. The van der Waals surface area contributed by atoms with Gasteiger partial charge in [0, 0.05) is 6.54 Å². The van der Waals surface area contributed by atoms with E-state index in [-0.39, 0.29) is 29.0 Å². The van der Waals surface area contributed by atoms with E-state index in [4.69, 9.17) is 10.2 Å². The first-order valence-corrected chi connectivity index (χ1v) is 12.9. The third kappa shape index (κ3) is 4.27. The van der Waals surface area contributed by atoms with E-state index in [1.165, 1.54) is 11.2 Å². The lowest BCUT2D eigenvalue weighted by molar-refractivity contribution is 0.0906. The number of hydrogen-bond donors (Lipinski definition) is 3. The number of anilines is 2. The van der Waals surface area contributed by atoms with Gasteiger partial charge in [0.1, 0.15) is 17.7 Å². The molecule has 1 aliphatic rings. The van der Waals surface area contributed by atoms with E-state index in [0.717, 1.165) is 11.1 Å². The zero-order valence-electron chi connectivity index (χ0n) is 22.2. The number of nitrogens with two attached hydrogens (primary N) is 1. The first-order chi connectivity index (χ1) is 19.1. The van der Waals surface area contributed by atoms with Crippen molar-refractivity contribution in [3.8, 4) is 11.1 Å². The summed E-state index contributed by atoms with van der Waals surface area (Å²) in [6, 6.07) is 14.7. The summed E-state index contributed by atoms with van der Waals surface area (Å²) in [5.41, 5.74) is 9.25. The molecule has 6 rings (SSSR count). The Kier molecular flexibility index (Phi) is 5.90. The number of oxazole rings is 1. The Hall–Kier alpha value is -5.00. The van der Waals surface area contributed by atoms with Gasteiger partial charge < -0.3 is 20.2 Å². The second-order valence-corrected chi connectivity index (χ2v) is 10.9. The molecular formula is C28H28N8O4. The van der Waals surface area contributed by atoms with Gasteiger partial charge in [0.2, 0.25) is 0 Å². The number of carbonyl (C=O) groups is 2. The molecule has 0 bridgehead atoms. The number of amides is 2. The third-order valence-corrected chi connectivity index (χ3v) is 7.26. The van der Waals surface area contributed by atoms with Crippen LogP contribution in [-0.2, 0) is 0 Å². The van der Waals surface area contributed by atoms with Gasteiger partial charge >= 0.3 is 12.1 Å². The SMILES string of the molecule is CC(C)(C)C1C(n2nc(C(=O)Nc3nc4cc(-c5ccccc5)ccc4o3)c3c(N)ncnc32)CCN1C(=O)O. The van der Waals surface area contributed by atoms with E-state index < -0.39 is 23.5 Å². The molecule has 2 amide bonds. The summed E-state index contributed by atoms with van der Waals surface area (Å²) in [5.74, 6) is -0.507. The Bertz CT molecular complexity index is 1760. The molecule has 3 aromatic heterocycles. The van der Waals surface area contributed by atoms with E-state index in [2.05, 4.69) is 25.4 Å². The van der Waals surface area contributed by atoms with Crippen molar-refractivity contribution in [2.75, 3.05) is 17.6 Å². The predicted molar refractivity (Wildman–Crippen MR) is 149 cm³/mol. The number of hydrogen-bond acceptors (Lipinski definition) is 8. The van der Waals surface area contributed by atoms with Crippen molar-refractivity contribution in [1.82, 2.24) is 29.6 Å². The highest BCUT2D eigenvalue weighted by Gasteiger charge is 2.46. The van der Waals surface area contributed by atoms with Crippen molar-refractivity contribution >= 4 is 46.0 Å². The van der Waals surface area contributed by atoms with Gasteiger partial charge in [-0.05, 0) is 35.1 Å². The molecule has 4 N–H and O–H groups in total. The Balaban J connectivity index is 1.36. The molecular weight excluding hydrogens is 512 g/mol. The van der Waals surface area contributed by atoms with Crippen LogP contribution in [0.3, 0.4) is 0 Å². The lowest BCUT2D eigenvalue weighted by Crippen LogP contribution is -2.46. The number of benzene rings is 2. The molecule has 12 nitrogen and oxygen atoms in total. The Labute approximate surface area is 228 Å². The number of carbonyl (C=O) groups excluding carboxylic acids is 1. The molecule has 5 aromatic rings. The topological polar surface area (TPSA) is 165 Å².